The molecule has 7 nitrogen and oxygen atoms in total. The van der Waals surface area contributed by atoms with Crippen molar-refractivity contribution in [3.8, 4) is 11.4 Å². The fourth-order valence-electron chi connectivity index (χ4n) is 2.18. The molecule has 0 radical (unpaired) electrons. The lowest BCUT2D eigenvalue weighted by Gasteiger charge is -2.26. The van der Waals surface area contributed by atoms with Crippen molar-refractivity contribution in [3.63, 3.8) is 0 Å². The molecule has 1 aliphatic rings. The number of nitrogens with zero attached hydrogens (tertiary/aromatic N) is 4. The van der Waals surface area contributed by atoms with Crippen molar-refractivity contribution in [1.29, 1.82) is 0 Å². The molecule has 0 bridgehead atoms. The fraction of sp³-hybridized carbons (Fsp3) is 0.385. The molecule has 1 amide bonds. The lowest BCUT2D eigenvalue weighted by atomic mass is 9.99. The van der Waals surface area contributed by atoms with Crippen LogP contribution in [-0.2, 0) is 11.8 Å². The highest BCUT2D eigenvalue weighted by Gasteiger charge is 2.20. The number of aryl methyl sites for hydroxylation is 1. The van der Waals surface area contributed by atoms with E-state index in [1.165, 1.54) is 0 Å². The molecule has 1 aliphatic heterocycles. The summed E-state index contributed by atoms with van der Waals surface area (Å²) in [6.45, 7) is 1.86. The lowest BCUT2D eigenvalue weighted by Crippen LogP contribution is -2.43. The number of carbonyl (C=O) groups is 1. The van der Waals surface area contributed by atoms with Crippen LogP contribution in [0.1, 0.15) is 6.42 Å². The van der Waals surface area contributed by atoms with Crippen molar-refractivity contribution in [1.82, 2.24) is 25.5 Å². The number of amides is 1. The van der Waals surface area contributed by atoms with Gasteiger partial charge in [-0.05, 0) is 41.6 Å². The third kappa shape index (κ3) is 2.67. The van der Waals surface area contributed by atoms with E-state index in [4.69, 9.17) is 0 Å². The Balaban J connectivity index is 1.71. The summed E-state index contributed by atoms with van der Waals surface area (Å²) in [7, 11) is 1.78. The molecule has 1 aromatic heterocycles. The molecule has 2 N–H and O–H groups in total. The van der Waals surface area contributed by atoms with E-state index in [0.29, 0.717) is 18.2 Å². The highest BCUT2D eigenvalue weighted by Crippen LogP contribution is 2.20. The molecule has 2 aromatic rings. The topological polar surface area (TPSA) is 84.7 Å². The monoisotopic (exact) mass is 272 g/mol. The molecule has 20 heavy (non-hydrogen) atoms. The second-order valence-electron chi connectivity index (χ2n) is 4.98. The van der Waals surface area contributed by atoms with E-state index in [0.717, 1.165) is 24.3 Å². The Labute approximate surface area is 116 Å². The molecule has 0 aliphatic carbocycles. The number of carbonyl (C=O) groups excluding carboxylic acids is 1. The first-order chi connectivity index (χ1) is 9.72. The van der Waals surface area contributed by atoms with Crippen LogP contribution in [0.2, 0.25) is 0 Å². The van der Waals surface area contributed by atoms with Crippen LogP contribution in [0.3, 0.4) is 0 Å². The average Bonchev–Trinajstić information content (AvgIpc) is 2.81. The SMILES string of the molecule is Cn1nnnc1-c1cccc(NC(=O)CC2CNC2)c1. The number of tetrazole rings is 1. The van der Waals surface area contributed by atoms with Gasteiger partial charge in [-0.2, -0.15) is 0 Å². The van der Waals surface area contributed by atoms with Gasteiger partial charge >= 0.3 is 0 Å². The van der Waals surface area contributed by atoms with E-state index >= 15 is 0 Å². The molecule has 1 fully saturated rings. The van der Waals surface area contributed by atoms with Crippen molar-refractivity contribution in [2.75, 3.05) is 18.4 Å². The Bertz CT molecular complexity index is 619. The number of benzene rings is 1. The predicted molar refractivity (Wildman–Crippen MR) is 73.8 cm³/mol. The Morgan fingerprint density at radius 1 is 1.50 bits per heavy atom. The van der Waals surface area contributed by atoms with Gasteiger partial charge in [-0.25, -0.2) is 4.68 Å². The molecular formula is C13H16N6O. The van der Waals surface area contributed by atoms with Crippen LogP contribution in [0.4, 0.5) is 5.69 Å². The van der Waals surface area contributed by atoms with Gasteiger partial charge in [0.2, 0.25) is 5.91 Å². The van der Waals surface area contributed by atoms with Gasteiger partial charge in [-0.1, -0.05) is 12.1 Å². The minimum Gasteiger partial charge on any atom is -0.326 e. The zero-order chi connectivity index (χ0) is 13.9. The molecular weight excluding hydrogens is 256 g/mol. The van der Waals surface area contributed by atoms with Gasteiger partial charge in [0, 0.05) is 24.7 Å². The molecule has 0 saturated carbocycles. The highest BCUT2D eigenvalue weighted by atomic mass is 16.1. The van der Waals surface area contributed by atoms with E-state index in [1.54, 1.807) is 11.7 Å². The largest absolute Gasteiger partial charge is 0.326 e. The summed E-state index contributed by atoms with van der Waals surface area (Å²) >= 11 is 0. The van der Waals surface area contributed by atoms with Crippen molar-refractivity contribution in [3.05, 3.63) is 24.3 Å². The minimum atomic E-state index is 0.0461. The zero-order valence-electron chi connectivity index (χ0n) is 11.2. The Morgan fingerprint density at radius 2 is 2.35 bits per heavy atom. The molecule has 0 atom stereocenters. The third-order valence-corrected chi connectivity index (χ3v) is 3.36. The molecule has 2 heterocycles. The van der Waals surface area contributed by atoms with E-state index < -0.39 is 0 Å². The molecule has 0 spiro atoms. The van der Waals surface area contributed by atoms with Gasteiger partial charge in [-0.15, -0.1) is 5.10 Å². The molecule has 0 unspecified atom stereocenters. The summed E-state index contributed by atoms with van der Waals surface area (Å²) in [5, 5.41) is 17.5. The van der Waals surface area contributed by atoms with Gasteiger partial charge in [-0.3, -0.25) is 4.79 Å². The van der Waals surface area contributed by atoms with Crippen molar-refractivity contribution >= 4 is 11.6 Å². The minimum absolute atomic E-state index is 0.0461. The maximum absolute atomic E-state index is 11.9. The van der Waals surface area contributed by atoms with Gasteiger partial charge in [0.05, 0.1) is 0 Å². The quantitative estimate of drug-likeness (QED) is 0.843. The second kappa shape index (κ2) is 5.38. The Morgan fingerprint density at radius 3 is 3.00 bits per heavy atom. The van der Waals surface area contributed by atoms with Crippen LogP contribution in [0.25, 0.3) is 11.4 Å². The predicted octanol–water partition coefficient (Wildman–Crippen LogP) is 0.425. The van der Waals surface area contributed by atoms with Crippen LogP contribution in [-0.4, -0.2) is 39.2 Å². The first-order valence-electron chi connectivity index (χ1n) is 6.56. The number of aromatic nitrogens is 4. The average molecular weight is 272 g/mol. The summed E-state index contributed by atoms with van der Waals surface area (Å²) in [5.41, 5.74) is 1.64. The number of rotatable bonds is 4. The van der Waals surface area contributed by atoms with Crippen LogP contribution in [0.15, 0.2) is 24.3 Å². The Hall–Kier alpha value is -2.28. The van der Waals surface area contributed by atoms with Gasteiger partial charge in [0.1, 0.15) is 0 Å². The van der Waals surface area contributed by atoms with Crippen LogP contribution < -0.4 is 10.6 Å². The summed E-state index contributed by atoms with van der Waals surface area (Å²) in [5.74, 6) is 1.18. The standard InChI is InChI=1S/C13H16N6O/c1-19-13(16-17-18-19)10-3-2-4-11(6-10)15-12(20)5-9-7-14-8-9/h2-4,6,9,14H,5,7-8H2,1H3,(H,15,20). The first-order valence-corrected chi connectivity index (χ1v) is 6.56. The number of nitrogens with one attached hydrogen (secondary N) is 2. The number of hydrogen-bond acceptors (Lipinski definition) is 5. The maximum Gasteiger partial charge on any atom is 0.224 e. The summed E-state index contributed by atoms with van der Waals surface area (Å²) < 4.78 is 1.60. The van der Waals surface area contributed by atoms with Crippen LogP contribution >= 0.6 is 0 Å². The number of anilines is 1. The molecule has 1 aromatic carbocycles. The number of hydrogen-bond donors (Lipinski definition) is 2. The molecule has 7 heteroatoms. The third-order valence-electron chi connectivity index (χ3n) is 3.36. The molecule has 1 saturated heterocycles. The van der Waals surface area contributed by atoms with E-state index in [1.807, 2.05) is 24.3 Å². The molecule has 3 rings (SSSR count). The summed E-state index contributed by atoms with van der Waals surface area (Å²) in [6, 6.07) is 7.54. The first kappa shape index (κ1) is 12.7. The van der Waals surface area contributed by atoms with Crippen molar-refractivity contribution < 1.29 is 4.79 Å². The lowest BCUT2D eigenvalue weighted by molar-refractivity contribution is -0.117. The smallest absolute Gasteiger partial charge is 0.224 e. The maximum atomic E-state index is 11.9. The summed E-state index contributed by atoms with van der Waals surface area (Å²) in [4.78, 5) is 11.9. The van der Waals surface area contributed by atoms with Gasteiger partial charge in [0.15, 0.2) is 5.82 Å². The second-order valence-corrected chi connectivity index (χ2v) is 4.98. The van der Waals surface area contributed by atoms with E-state index in [-0.39, 0.29) is 5.91 Å². The van der Waals surface area contributed by atoms with Crippen molar-refractivity contribution in [2.24, 2.45) is 13.0 Å². The van der Waals surface area contributed by atoms with Crippen molar-refractivity contribution in [2.45, 2.75) is 6.42 Å². The van der Waals surface area contributed by atoms with Gasteiger partial charge in [0.25, 0.3) is 0 Å². The van der Waals surface area contributed by atoms with Crippen LogP contribution in [0.5, 0.6) is 0 Å². The van der Waals surface area contributed by atoms with E-state index in [9.17, 15) is 4.79 Å². The highest BCUT2D eigenvalue weighted by molar-refractivity contribution is 5.91. The summed E-state index contributed by atoms with van der Waals surface area (Å²) in [6.07, 6.45) is 0.558. The van der Waals surface area contributed by atoms with E-state index in [2.05, 4.69) is 26.2 Å². The fourth-order valence-corrected chi connectivity index (χ4v) is 2.18. The Kier molecular flexibility index (Phi) is 3.42. The van der Waals surface area contributed by atoms with Crippen LogP contribution in [0, 0.1) is 5.92 Å². The normalized spacial score (nSPS) is 14.8. The van der Waals surface area contributed by atoms with Gasteiger partial charge < -0.3 is 10.6 Å². The zero-order valence-corrected chi connectivity index (χ0v) is 11.2. The molecule has 104 valence electrons.